The van der Waals surface area contributed by atoms with Gasteiger partial charge in [0.15, 0.2) is 4.33 Å². The Morgan fingerprint density at radius 2 is 1.06 bits per heavy atom. The van der Waals surface area contributed by atoms with E-state index in [9.17, 15) is 0 Å². The summed E-state index contributed by atoms with van der Waals surface area (Å²) < 4.78 is -1.55. The van der Waals surface area contributed by atoms with Crippen molar-refractivity contribution in [3.05, 3.63) is 10.1 Å². The third-order valence-corrected chi connectivity index (χ3v) is 8.60. The molecule has 0 N–H and O–H groups in total. The molecule has 2 bridgehead atoms. The number of hydrogen-bond acceptors (Lipinski definition) is 0. The number of allylic oxidation sites excluding steroid dienone is 2. The van der Waals surface area contributed by atoms with Crippen molar-refractivity contribution >= 4 is 92.8 Å². The Kier molecular flexibility index (Phi) is 4.12. The summed E-state index contributed by atoms with van der Waals surface area (Å²) in [5.74, 6) is -0.301. The maximum Gasteiger partial charge on any atom is 0.166 e. The van der Waals surface area contributed by atoms with Gasteiger partial charge in [-0.2, -0.15) is 0 Å². The van der Waals surface area contributed by atoms with Crippen LogP contribution in [0, 0.1) is 11.8 Å². The molecule has 4 atom stereocenters. The van der Waals surface area contributed by atoms with Crippen molar-refractivity contribution in [2.75, 3.05) is 11.8 Å². The first-order chi connectivity index (χ1) is 7.71. The molecular formula is C9H6Cl8. The van der Waals surface area contributed by atoms with Gasteiger partial charge in [-0.05, 0) is 0 Å². The Hall–Kier alpha value is 2.06. The zero-order chi connectivity index (χ0) is 13.2. The van der Waals surface area contributed by atoms with Crippen molar-refractivity contribution in [2.45, 2.75) is 14.1 Å². The summed E-state index contributed by atoms with van der Waals surface area (Å²) in [7, 11) is 0. The monoisotopic (exact) mass is 394 g/mol. The fourth-order valence-corrected chi connectivity index (χ4v) is 6.77. The highest BCUT2D eigenvalue weighted by Gasteiger charge is 2.81. The van der Waals surface area contributed by atoms with E-state index in [1.54, 1.807) is 0 Å². The Bertz CT molecular complexity index is 356. The van der Waals surface area contributed by atoms with Gasteiger partial charge in [-0.15, -0.1) is 46.4 Å². The molecule has 0 spiro atoms. The molecule has 0 nitrogen and oxygen atoms in total. The van der Waals surface area contributed by atoms with Crippen LogP contribution in [0.5, 0.6) is 0 Å². The molecule has 1 saturated carbocycles. The average molecular weight is 398 g/mol. The molecule has 0 aliphatic heterocycles. The Morgan fingerprint density at radius 1 is 0.765 bits per heavy atom. The minimum atomic E-state index is -1.55. The summed E-state index contributed by atoms with van der Waals surface area (Å²) in [5, 5.41) is 0.320. The van der Waals surface area contributed by atoms with Crippen LogP contribution < -0.4 is 0 Å². The normalized spacial score (nSPS) is 48.0. The molecule has 2 rings (SSSR count). The summed E-state index contributed by atoms with van der Waals surface area (Å²) in [6, 6.07) is 0. The van der Waals surface area contributed by atoms with E-state index in [-0.39, 0.29) is 33.7 Å². The minimum Gasteiger partial charge on any atom is -0.126 e. The van der Waals surface area contributed by atoms with Crippen molar-refractivity contribution < 1.29 is 0 Å². The van der Waals surface area contributed by atoms with Gasteiger partial charge in [-0.3, -0.25) is 0 Å². The highest BCUT2D eigenvalue weighted by atomic mass is 35.5. The number of fused-ring (bicyclic) bond motifs is 2. The Labute approximate surface area is 139 Å². The average Bonchev–Trinajstić information content (AvgIpc) is 2.48. The lowest BCUT2D eigenvalue weighted by atomic mass is 9.84. The first kappa shape index (κ1) is 15.4. The molecule has 2 aliphatic rings. The maximum absolute atomic E-state index is 6.50. The van der Waals surface area contributed by atoms with Crippen LogP contribution in [-0.4, -0.2) is 25.8 Å². The second-order valence-corrected chi connectivity index (χ2v) is 8.04. The van der Waals surface area contributed by atoms with Crippen LogP contribution in [0.2, 0.25) is 0 Å². The first-order valence-corrected chi connectivity index (χ1v) is 7.98. The minimum absolute atomic E-state index is 0.160. The fourth-order valence-electron chi connectivity index (χ4n) is 2.63. The Morgan fingerprint density at radius 3 is 1.29 bits per heavy atom. The second kappa shape index (κ2) is 4.53. The van der Waals surface area contributed by atoms with Gasteiger partial charge in [0.05, 0.1) is 10.1 Å². The summed E-state index contributed by atoms with van der Waals surface area (Å²) in [6.45, 7) is 0. The first-order valence-electron chi connectivity index (χ1n) is 4.65. The summed E-state index contributed by atoms with van der Waals surface area (Å²) in [6.07, 6.45) is 0. The van der Waals surface area contributed by atoms with Gasteiger partial charge in [0.1, 0.15) is 9.75 Å². The van der Waals surface area contributed by atoms with Crippen molar-refractivity contribution in [3.8, 4) is 0 Å². The lowest BCUT2D eigenvalue weighted by molar-refractivity contribution is 0.391. The van der Waals surface area contributed by atoms with Crippen molar-refractivity contribution in [2.24, 2.45) is 11.8 Å². The third kappa shape index (κ3) is 1.48. The van der Waals surface area contributed by atoms with E-state index in [4.69, 9.17) is 92.8 Å². The summed E-state index contributed by atoms with van der Waals surface area (Å²) in [5.41, 5.74) is 0. The number of halogens is 8. The van der Waals surface area contributed by atoms with E-state index >= 15 is 0 Å². The van der Waals surface area contributed by atoms with Crippen LogP contribution >= 0.6 is 92.8 Å². The van der Waals surface area contributed by atoms with Crippen LogP contribution in [-0.2, 0) is 0 Å². The molecular weight excluding hydrogens is 392 g/mol. The van der Waals surface area contributed by atoms with Gasteiger partial charge in [-0.1, -0.05) is 46.4 Å². The molecule has 0 aromatic carbocycles. The molecule has 98 valence electrons. The van der Waals surface area contributed by atoms with Crippen LogP contribution in [0.15, 0.2) is 10.1 Å². The number of hydrogen-bond donors (Lipinski definition) is 0. The smallest absolute Gasteiger partial charge is 0.126 e. The quantitative estimate of drug-likeness (QED) is 0.536. The molecule has 8 heteroatoms. The van der Waals surface area contributed by atoms with E-state index in [2.05, 4.69) is 0 Å². The SMILES string of the molecule is ClC[C@@H]1[C@@H](CCl)[C@]2(Cl)C(Cl)=C(Cl)[C@]1(Cl)C2(Cl)Cl. The van der Waals surface area contributed by atoms with Crippen LogP contribution in [0.1, 0.15) is 0 Å². The highest BCUT2D eigenvalue weighted by molar-refractivity contribution is 6.65. The standard InChI is InChI=1S/C9H6Cl8/c10-1-3-4(2-11)8(15)6(13)5(12)7(3,14)9(8,16)17/h3-4H,1-2H2/t3-,4-,7+,8+/m1/s1. The summed E-state index contributed by atoms with van der Waals surface area (Å²) >= 11 is 49.8. The van der Waals surface area contributed by atoms with E-state index < -0.39 is 14.1 Å². The molecule has 0 aromatic heterocycles. The fraction of sp³-hybridized carbons (Fsp3) is 0.778. The molecule has 0 unspecified atom stereocenters. The lowest BCUT2D eigenvalue weighted by Gasteiger charge is -2.34. The predicted octanol–water partition coefficient (Wildman–Crippen LogP) is 5.54. The van der Waals surface area contributed by atoms with E-state index in [0.29, 0.717) is 0 Å². The summed E-state index contributed by atoms with van der Waals surface area (Å²) in [4.78, 5) is -2.59. The van der Waals surface area contributed by atoms with Gasteiger partial charge < -0.3 is 0 Å². The predicted molar refractivity (Wildman–Crippen MR) is 78.8 cm³/mol. The van der Waals surface area contributed by atoms with Gasteiger partial charge in [-0.25, -0.2) is 0 Å². The lowest BCUT2D eigenvalue weighted by Crippen LogP contribution is -2.45. The van der Waals surface area contributed by atoms with Crippen molar-refractivity contribution in [1.82, 2.24) is 0 Å². The van der Waals surface area contributed by atoms with Gasteiger partial charge in [0.2, 0.25) is 0 Å². The zero-order valence-electron chi connectivity index (χ0n) is 8.09. The van der Waals surface area contributed by atoms with E-state index in [1.807, 2.05) is 0 Å². The largest absolute Gasteiger partial charge is 0.166 e. The second-order valence-electron chi connectivity index (χ2n) is 4.15. The van der Waals surface area contributed by atoms with Gasteiger partial charge >= 0.3 is 0 Å². The van der Waals surface area contributed by atoms with Gasteiger partial charge in [0, 0.05) is 23.6 Å². The molecule has 0 amide bonds. The van der Waals surface area contributed by atoms with E-state index in [0.717, 1.165) is 0 Å². The van der Waals surface area contributed by atoms with Crippen LogP contribution in [0.4, 0.5) is 0 Å². The van der Waals surface area contributed by atoms with Crippen molar-refractivity contribution in [3.63, 3.8) is 0 Å². The number of alkyl halides is 6. The molecule has 0 radical (unpaired) electrons. The molecule has 0 aromatic rings. The molecule has 17 heavy (non-hydrogen) atoms. The third-order valence-electron chi connectivity index (χ3n) is 3.59. The molecule has 1 fully saturated rings. The molecule has 0 saturated heterocycles. The number of rotatable bonds is 2. The van der Waals surface area contributed by atoms with E-state index in [1.165, 1.54) is 0 Å². The van der Waals surface area contributed by atoms with Crippen LogP contribution in [0.3, 0.4) is 0 Å². The topological polar surface area (TPSA) is 0 Å². The zero-order valence-corrected chi connectivity index (χ0v) is 14.1. The Balaban J connectivity index is 2.72. The van der Waals surface area contributed by atoms with Crippen LogP contribution in [0.25, 0.3) is 0 Å². The van der Waals surface area contributed by atoms with Crippen molar-refractivity contribution in [1.29, 1.82) is 0 Å². The highest BCUT2D eigenvalue weighted by Crippen LogP contribution is 2.76. The molecule has 2 aliphatic carbocycles. The van der Waals surface area contributed by atoms with Gasteiger partial charge in [0.25, 0.3) is 0 Å². The molecule has 0 heterocycles. The maximum atomic E-state index is 6.50.